The van der Waals surface area contributed by atoms with Gasteiger partial charge in [-0.1, -0.05) is 6.07 Å². The number of hydrogen-bond donors (Lipinski definition) is 2. The van der Waals surface area contributed by atoms with Gasteiger partial charge in [0.15, 0.2) is 5.60 Å². The Bertz CT molecular complexity index is 1160. The monoisotopic (exact) mass is 466 g/mol. The summed E-state index contributed by atoms with van der Waals surface area (Å²) >= 11 is 1.46. The summed E-state index contributed by atoms with van der Waals surface area (Å²) in [5, 5.41) is 17.5. The van der Waals surface area contributed by atoms with E-state index in [1.54, 1.807) is 7.11 Å². The number of methoxy groups -OCH3 is 1. The second-order valence-electron chi connectivity index (χ2n) is 9.53. The third kappa shape index (κ3) is 3.57. The number of aromatic amines is 1. The van der Waals surface area contributed by atoms with Crippen LogP contribution in [0, 0.1) is 0 Å². The molecular formula is C24H30N6O2S. The summed E-state index contributed by atoms with van der Waals surface area (Å²) in [6.07, 6.45) is 7.12. The first kappa shape index (κ1) is 21.2. The number of benzene rings is 1. The van der Waals surface area contributed by atoms with Gasteiger partial charge in [0.05, 0.1) is 18.9 Å². The number of nitrogens with one attached hydrogen (secondary N) is 2. The first-order valence-electron chi connectivity index (χ1n) is 11.8. The minimum Gasteiger partial charge on any atom is -0.374 e. The topological polar surface area (TPSA) is 89.9 Å². The fraction of sp³-hybridized carbons (Fsp3) is 0.542. The van der Waals surface area contributed by atoms with E-state index in [0.29, 0.717) is 24.3 Å². The van der Waals surface area contributed by atoms with Crippen LogP contribution in [-0.2, 0) is 40.8 Å². The highest BCUT2D eigenvalue weighted by atomic mass is 32.2. The molecule has 3 heterocycles. The van der Waals surface area contributed by atoms with Gasteiger partial charge in [0.1, 0.15) is 5.03 Å². The smallest absolute Gasteiger partial charge is 0.224 e. The predicted molar refractivity (Wildman–Crippen MR) is 126 cm³/mol. The van der Waals surface area contributed by atoms with Gasteiger partial charge in [0.25, 0.3) is 0 Å². The molecule has 1 fully saturated rings. The van der Waals surface area contributed by atoms with Gasteiger partial charge in [-0.05, 0) is 92.5 Å². The first-order valence-corrected chi connectivity index (χ1v) is 12.6. The van der Waals surface area contributed by atoms with E-state index in [0.717, 1.165) is 23.6 Å². The quantitative estimate of drug-likeness (QED) is 0.536. The molecule has 0 spiro atoms. The molecule has 2 aliphatic carbocycles. The van der Waals surface area contributed by atoms with Crippen LogP contribution in [0.15, 0.2) is 22.3 Å². The van der Waals surface area contributed by atoms with Crippen LogP contribution in [0.2, 0.25) is 0 Å². The Balaban J connectivity index is 1.25. The number of aromatic nitrogens is 5. The molecule has 33 heavy (non-hydrogen) atoms. The maximum atomic E-state index is 5.82. The van der Waals surface area contributed by atoms with Crippen molar-refractivity contribution in [3.63, 3.8) is 0 Å². The molecule has 1 aliphatic heterocycles. The molecule has 0 radical (unpaired) electrons. The van der Waals surface area contributed by atoms with Crippen LogP contribution >= 0.6 is 11.8 Å². The van der Waals surface area contributed by atoms with Crippen LogP contribution < -0.4 is 5.32 Å². The summed E-state index contributed by atoms with van der Waals surface area (Å²) < 4.78 is 13.3. The lowest BCUT2D eigenvalue weighted by molar-refractivity contribution is -0.206. The third-order valence-corrected chi connectivity index (χ3v) is 7.88. The second-order valence-corrected chi connectivity index (χ2v) is 10.5. The number of H-pyrrole nitrogens is 1. The summed E-state index contributed by atoms with van der Waals surface area (Å²) in [6, 6.07) is 4.74. The number of aryl methyl sites for hydroxylation is 2. The molecule has 2 N–H and O–H groups in total. The molecule has 8 nitrogen and oxygen atoms in total. The molecule has 1 aromatic carbocycles. The van der Waals surface area contributed by atoms with Crippen molar-refractivity contribution in [1.29, 1.82) is 0 Å². The Morgan fingerprint density at radius 3 is 2.45 bits per heavy atom. The molecule has 0 saturated carbocycles. The fourth-order valence-corrected chi connectivity index (χ4v) is 6.06. The van der Waals surface area contributed by atoms with E-state index in [9.17, 15) is 0 Å². The van der Waals surface area contributed by atoms with Gasteiger partial charge < -0.3 is 14.8 Å². The lowest BCUT2D eigenvalue weighted by atomic mass is 9.97. The summed E-state index contributed by atoms with van der Waals surface area (Å²) in [7, 11) is 1.73. The van der Waals surface area contributed by atoms with E-state index < -0.39 is 5.60 Å². The maximum absolute atomic E-state index is 5.82. The van der Waals surface area contributed by atoms with Crippen LogP contribution in [0.25, 0.3) is 0 Å². The van der Waals surface area contributed by atoms with Crippen LogP contribution in [0.3, 0.4) is 0 Å². The molecule has 2 aromatic heterocycles. The third-order valence-electron chi connectivity index (χ3n) is 7.11. The molecule has 174 valence electrons. The van der Waals surface area contributed by atoms with Crippen molar-refractivity contribution in [2.45, 2.75) is 74.2 Å². The van der Waals surface area contributed by atoms with Gasteiger partial charge in [-0.25, -0.2) is 5.10 Å². The predicted octanol–water partition coefficient (Wildman–Crippen LogP) is 4.33. The summed E-state index contributed by atoms with van der Waals surface area (Å²) in [5.74, 6) is 0.691. The van der Waals surface area contributed by atoms with E-state index in [1.807, 2.05) is 4.68 Å². The van der Waals surface area contributed by atoms with Crippen molar-refractivity contribution in [2.24, 2.45) is 0 Å². The molecule has 6 rings (SSSR count). The number of rotatable bonds is 7. The Kier molecular flexibility index (Phi) is 5.23. The lowest BCUT2D eigenvalue weighted by Gasteiger charge is -2.40. The van der Waals surface area contributed by atoms with Crippen molar-refractivity contribution < 1.29 is 9.47 Å². The Morgan fingerprint density at radius 2 is 1.85 bits per heavy atom. The molecule has 0 atom stereocenters. The number of fused-ring (bicyclic) bond motifs is 2. The van der Waals surface area contributed by atoms with E-state index in [-0.39, 0.29) is 6.04 Å². The number of hydrogen-bond acceptors (Lipinski definition) is 7. The van der Waals surface area contributed by atoms with Gasteiger partial charge in [0.2, 0.25) is 11.1 Å². The van der Waals surface area contributed by atoms with Crippen LogP contribution in [0.1, 0.15) is 60.7 Å². The lowest BCUT2D eigenvalue weighted by Crippen LogP contribution is -2.49. The molecule has 0 amide bonds. The van der Waals surface area contributed by atoms with Crippen molar-refractivity contribution in [3.8, 4) is 0 Å². The minimum absolute atomic E-state index is 0.216. The van der Waals surface area contributed by atoms with E-state index >= 15 is 0 Å². The molecule has 3 aromatic rings. The average Bonchev–Trinajstić information content (AvgIpc) is 3.54. The number of anilines is 2. The zero-order valence-electron chi connectivity index (χ0n) is 19.4. The molecule has 3 aliphatic rings. The van der Waals surface area contributed by atoms with Gasteiger partial charge >= 0.3 is 0 Å². The van der Waals surface area contributed by atoms with Gasteiger partial charge in [0, 0.05) is 18.8 Å². The fourth-order valence-electron chi connectivity index (χ4n) is 5.34. The largest absolute Gasteiger partial charge is 0.374 e. The summed E-state index contributed by atoms with van der Waals surface area (Å²) in [4.78, 5) is 4.73. The van der Waals surface area contributed by atoms with Gasteiger partial charge in [-0.15, -0.1) is 5.10 Å². The van der Waals surface area contributed by atoms with E-state index in [1.165, 1.54) is 65.4 Å². The SMILES string of the molecule is COC1(c2cc(Sc3n[nH]c(Nc4c5c(cc6c4CCC6)CCC5)n3)nn2C(C)C)COC1. The van der Waals surface area contributed by atoms with Crippen LogP contribution in [0.5, 0.6) is 0 Å². The van der Waals surface area contributed by atoms with Crippen LogP contribution in [-0.4, -0.2) is 45.3 Å². The molecule has 9 heteroatoms. The second kappa shape index (κ2) is 8.14. The Hall–Kier alpha value is -2.36. The molecular weight excluding hydrogens is 436 g/mol. The number of nitrogens with zero attached hydrogens (tertiary/aromatic N) is 4. The highest BCUT2D eigenvalue weighted by Crippen LogP contribution is 2.40. The van der Waals surface area contributed by atoms with Crippen molar-refractivity contribution in [1.82, 2.24) is 25.0 Å². The zero-order chi connectivity index (χ0) is 22.6. The van der Waals surface area contributed by atoms with Crippen molar-refractivity contribution >= 4 is 23.4 Å². The Labute approximate surface area is 197 Å². The van der Waals surface area contributed by atoms with Gasteiger partial charge in [-0.2, -0.15) is 10.1 Å². The molecule has 0 unspecified atom stereocenters. The Morgan fingerprint density at radius 1 is 1.12 bits per heavy atom. The van der Waals surface area contributed by atoms with Crippen LogP contribution in [0.4, 0.5) is 11.6 Å². The highest BCUT2D eigenvalue weighted by Gasteiger charge is 2.44. The standard InChI is InChI=1S/C24H30N6O2S/c1-14(2)30-19(24(31-3)12-32-13-24)11-20(29-30)33-23-26-22(27-28-23)25-21-17-8-4-6-15(17)10-16-7-5-9-18(16)21/h10-11,14H,4-9,12-13H2,1-3H3,(H2,25,26,27,28). The van der Waals surface area contributed by atoms with Crippen molar-refractivity contribution in [2.75, 3.05) is 25.6 Å². The maximum Gasteiger partial charge on any atom is 0.224 e. The van der Waals surface area contributed by atoms with E-state index in [4.69, 9.17) is 19.6 Å². The minimum atomic E-state index is -0.421. The molecule has 0 bridgehead atoms. The zero-order valence-corrected chi connectivity index (χ0v) is 20.2. The number of ether oxygens (including phenoxy) is 2. The normalized spacial score (nSPS) is 18.4. The summed E-state index contributed by atoms with van der Waals surface area (Å²) in [5.41, 5.74) is 7.83. The van der Waals surface area contributed by atoms with Gasteiger partial charge in [-0.3, -0.25) is 4.68 Å². The highest BCUT2D eigenvalue weighted by molar-refractivity contribution is 7.99. The average molecular weight is 467 g/mol. The molecule has 1 saturated heterocycles. The van der Waals surface area contributed by atoms with Crippen molar-refractivity contribution in [3.05, 3.63) is 40.1 Å². The van der Waals surface area contributed by atoms with E-state index in [2.05, 4.69) is 41.5 Å². The summed E-state index contributed by atoms with van der Waals surface area (Å²) in [6.45, 7) is 5.34. The first-order chi connectivity index (χ1) is 16.1.